The van der Waals surface area contributed by atoms with Gasteiger partial charge in [0.15, 0.2) is 0 Å². The van der Waals surface area contributed by atoms with Gasteiger partial charge in [-0.25, -0.2) is 8.42 Å². The Morgan fingerprint density at radius 2 is 1.94 bits per heavy atom. The van der Waals surface area contributed by atoms with Crippen LogP contribution in [0.3, 0.4) is 0 Å². The third-order valence-corrected chi connectivity index (χ3v) is 6.23. The fourth-order valence-electron chi connectivity index (χ4n) is 2.59. The lowest BCUT2D eigenvalue weighted by atomic mass is 10.0. The monoisotopic (exact) mass is 262 g/mol. The molecule has 2 fully saturated rings. The Bertz CT molecular complexity index is 361. The number of nitrogens with one attached hydrogen (secondary N) is 1. The van der Waals surface area contributed by atoms with E-state index >= 15 is 0 Å². The first-order valence-electron chi connectivity index (χ1n) is 6.25. The predicted octanol–water partition coefficient (Wildman–Crippen LogP) is 0.179. The topological polar surface area (TPSA) is 58.6 Å². The summed E-state index contributed by atoms with van der Waals surface area (Å²) in [5, 5.41) is 2.99. The van der Waals surface area contributed by atoms with Crippen molar-refractivity contribution in [1.82, 2.24) is 9.62 Å². The zero-order valence-corrected chi connectivity index (χ0v) is 11.4. The molecular formula is C11H22N2O3S. The Kier molecular flexibility index (Phi) is 3.77. The quantitative estimate of drug-likeness (QED) is 0.771. The fraction of sp³-hybridized carbons (Fsp3) is 1.00. The number of hydrogen-bond donors (Lipinski definition) is 1. The Labute approximate surface area is 104 Å². The summed E-state index contributed by atoms with van der Waals surface area (Å²) in [6.07, 6.45) is 1.25. The Hall–Kier alpha value is -0.170. The van der Waals surface area contributed by atoms with Crippen molar-refractivity contribution in [3.63, 3.8) is 0 Å². The summed E-state index contributed by atoms with van der Waals surface area (Å²) in [4.78, 5) is 0. The molecule has 0 aromatic rings. The maximum atomic E-state index is 12.6. The van der Waals surface area contributed by atoms with Gasteiger partial charge in [-0.1, -0.05) is 0 Å². The third-order valence-electron chi connectivity index (χ3n) is 3.62. The zero-order valence-electron chi connectivity index (χ0n) is 10.6. The fourth-order valence-corrected chi connectivity index (χ4v) is 4.84. The molecule has 0 unspecified atom stereocenters. The van der Waals surface area contributed by atoms with Gasteiger partial charge in [-0.05, 0) is 26.7 Å². The maximum Gasteiger partial charge on any atom is 0.217 e. The molecule has 0 aromatic heterocycles. The Balaban J connectivity index is 2.18. The summed E-state index contributed by atoms with van der Waals surface area (Å²) < 4.78 is 32.1. The van der Waals surface area contributed by atoms with Gasteiger partial charge in [-0.15, -0.1) is 0 Å². The minimum atomic E-state index is -3.18. The number of sulfonamides is 1. The van der Waals surface area contributed by atoms with Crippen molar-refractivity contribution in [2.75, 3.05) is 32.8 Å². The molecule has 2 saturated heterocycles. The highest BCUT2D eigenvalue weighted by molar-refractivity contribution is 7.89. The van der Waals surface area contributed by atoms with E-state index in [0.717, 1.165) is 13.1 Å². The molecule has 0 amide bonds. The van der Waals surface area contributed by atoms with Crippen molar-refractivity contribution in [3.05, 3.63) is 0 Å². The van der Waals surface area contributed by atoms with Crippen LogP contribution in [0, 0.1) is 0 Å². The van der Waals surface area contributed by atoms with Crippen LogP contribution in [0.2, 0.25) is 0 Å². The van der Waals surface area contributed by atoms with Crippen molar-refractivity contribution in [1.29, 1.82) is 0 Å². The first-order chi connectivity index (χ1) is 7.94. The second kappa shape index (κ2) is 4.84. The summed E-state index contributed by atoms with van der Waals surface area (Å²) in [5.74, 6) is 0. The highest BCUT2D eigenvalue weighted by Crippen LogP contribution is 2.27. The van der Waals surface area contributed by atoms with Gasteiger partial charge in [0.25, 0.3) is 0 Å². The van der Waals surface area contributed by atoms with Gasteiger partial charge in [0.05, 0.1) is 5.25 Å². The number of piperazine rings is 1. The van der Waals surface area contributed by atoms with Crippen LogP contribution >= 0.6 is 0 Å². The van der Waals surface area contributed by atoms with Crippen LogP contribution in [0.1, 0.15) is 26.7 Å². The molecule has 0 spiro atoms. The van der Waals surface area contributed by atoms with Crippen LogP contribution in [0.25, 0.3) is 0 Å². The van der Waals surface area contributed by atoms with Crippen LogP contribution in [0.5, 0.6) is 0 Å². The smallest absolute Gasteiger partial charge is 0.217 e. The number of nitrogens with zero attached hydrogens (tertiary/aromatic N) is 1. The van der Waals surface area contributed by atoms with E-state index in [1.807, 2.05) is 13.8 Å². The van der Waals surface area contributed by atoms with Gasteiger partial charge in [0, 0.05) is 38.4 Å². The Morgan fingerprint density at radius 3 is 2.53 bits per heavy atom. The number of ether oxygens (including phenoxy) is 1. The van der Waals surface area contributed by atoms with Crippen molar-refractivity contribution in [2.45, 2.75) is 37.5 Å². The summed E-state index contributed by atoms with van der Waals surface area (Å²) in [5.41, 5.74) is -0.324. The minimum Gasteiger partial charge on any atom is -0.381 e. The Morgan fingerprint density at radius 1 is 1.29 bits per heavy atom. The van der Waals surface area contributed by atoms with E-state index in [0.29, 0.717) is 32.6 Å². The second-order valence-electron chi connectivity index (χ2n) is 5.42. The molecular weight excluding hydrogens is 240 g/mol. The standard InChI is InChI=1S/C11H22N2O3S/c1-11(2)9-12-5-6-13(11)17(14,15)10-3-7-16-8-4-10/h10,12H,3-9H2,1-2H3. The van der Waals surface area contributed by atoms with E-state index in [4.69, 9.17) is 4.74 Å². The summed E-state index contributed by atoms with van der Waals surface area (Å²) in [7, 11) is -3.18. The average molecular weight is 262 g/mol. The molecule has 6 heteroatoms. The molecule has 2 heterocycles. The normalized spacial score (nSPS) is 28.1. The molecule has 0 bridgehead atoms. The van der Waals surface area contributed by atoms with Crippen molar-refractivity contribution >= 4 is 10.0 Å². The predicted molar refractivity (Wildman–Crippen MR) is 66.4 cm³/mol. The molecule has 2 aliphatic heterocycles. The molecule has 2 aliphatic rings. The SMILES string of the molecule is CC1(C)CNCCN1S(=O)(=O)C1CCOCC1. The number of rotatable bonds is 2. The lowest BCUT2D eigenvalue weighted by Gasteiger charge is -2.43. The van der Waals surface area contributed by atoms with Crippen LogP contribution in [0.15, 0.2) is 0 Å². The van der Waals surface area contributed by atoms with Crippen LogP contribution in [-0.2, 0) is 14.8 Å². The molecule has 0 aliphatic carbocycles. The highest BCUT2D eigenvalue weighted by atomic mass is 32.2. The van der Waals surface area contributed by atoms with E-state index in [1.54, 1.807) is 4.31 Å². The van der Waals surface area contributed by atoms with Crippen molar-refractivity contribution in [2.24, 2.45) is 0 Å². The van der Waals surface area contributed by atoms with E-state index in [-0.39, 0.29) is 10.8 Å². The first-order valence-corrected chi connectivity index (χ1v) is 7.75. The summed E-state index contributed by atoms with van der Waals surface area (Å²) in [6, 6.07) is 0. The molecule has 0 radical (unpaired) electrons. The lowest BCUT2D eigenvalue weighted by Crippen LogP contribution is -2.61. The van der Waals surface area contributed by atoms with Gasteiger partial charge >= 0.3 is 0 Å². The number of hydrogen-bond acceptors (Lipinski definition) is 4. The summed E-state index contributed by atoms with van der Waals surface area (Å²) in [6.45, 7) is 7.13. The van der Waals surface area contributed by atoms with Gasteiger partial charge in [-0.2, -0.15) is 4.31 Å². The van der Waals surface area contributed by atoms with Crippen molar-refractivity contribution in [3.8, 4) is 0 Å². The van der Waals surface area contributed by atoms with Gasteiger partial charge < -0.3 is 10.1 Å². The summed E-state index contributed by atoms with van der Waals surface area (Å²) >= 11 is 0. The molecule has 1 N–H and O–H groups in total. The highest BCUT2D eigenvalue weighted by Gasteiger charge is 2.42. The molecule has 2 rings (SSSR count). The van der Waals surface area contributed by atoms with Crippen LogP contribution < -0.4 is 5.32 Å². The second-order valence-corrected chi connectivity index (χ2v) is 7.56. The zero-order chi connectivity index (χ0) is 12.5. The van der Waals surface area contributed by atoms with E-state index < -0.39 is 10.0 Å². The largest absolute Gasteiger partial charge is 0.381 e. The van der Waals surface area contributed by atoms with Crippen molar-refractivity contribution < 1.29 is 13.2 Å². The molecule has 0 atom stereocenters. The molecule has 100 valence electrons. The third kappa shape index (κ3) is 2.65. The van der Waals surface area contributed by atoms with Crippen LogP contribution in [0.4, 0.5) is 0 Å². The van der Waals surface area contributed by atoms with Gasteiger partial charge in [0.2, 0.25) is 10.0 Å². The van der Waals surface area contributed by atoms with E-state index in [1.165, 1.54) is 0 Å². The van der Waals surface area contributed by atoms with E-state index in [2.05, 4.69) is 5.32 Å². The molecule has 17 heavy (non-hydrogen) atoms. The minimum absolute atomic E-state index is 0.256. The lowest BCUT2D eigenvalue weighted by molar-refractivity contribution is 0.0948. The van der Waals surface area contributed by atoms with Gasteiger partial charge in [0.1, 0.15) is 0 Å². The van der Waals surface area contributed by atoms with Crippen LogP contribution in [-0.4, -0.2) is 56.4 Å². The van der Waals surface area contributed by atoms with E-state index in [9.17, 15) is 8.42 Å². The first kappa shape index (κ1) is 13.3. The average Bonchev–Trinajstić information content (AvgIpc) is 2.29. The van der Waals surface area contributed by atoms with Gasteiger partial charge in [-0.3, -0.25) is 0 Å². The molecule has 0 aromatic carbocycles. The molecule has 0 saturated carbocycles. The molecule has 5 nitrogen and oxygen atoms in total. The maximum absolute atomic E-state index is 12.6.